The summed E-state index contributed by atoms with van der Waals surface area (Å²) in [6.45, 7) is 8.25. The Morgan fingerprint density at radius 1 is 1.28 bits per heavy atom. The van der Waals surface area contributed by atoms with Crippen molar-refractivity contribution < 1.29 is 34.7 Å². The second-order valence-corrected chi connectivity index (χ2v) is 2.67. The first-order valence-corrected chi connectivity index (χ1v) is 5.44. The van der Waals surface area contributed by atoms with Gasteiger partial charge in [-0.05, 0) is 13.8 Å². The van der Waals surface area contributed by atoms with E-state index in [1.54, 1.807) is 0 Å². The molecule has 0 unspecified atom stereocenters. The zero-order valence-electron chi connectivity index (χ0n) is 10.9. The standard InChI is InChI=1S/C4H6O3.C4H10O.C3H8O3/c1-2-3-7-4(5)6;1-3-5-4-2;4-1-3(6)2-5/h2H,1,3H2,(H,5,6);3-4H2,1-2H3;3-6H,1-2H2. The van der Waals surface area contributed by atoms with Crippen molar-refractivity contribution in [1.29, 1.82) is 0 Å². The normalized spacial score (nSPS) is 8.56. The lowest BCUT2D eigenvalue weighted by molar-refractivity contribution is 0.0450. The molecule has 0 radical (unpaired) electrons. The minimum atomic E-state index is -1.26. The summed E-state index contributed by atoms with van der Waals surface area (Å²) in [5, 5.41) is 31.8. The molecule has 0 aliphatic heterocycles. The number of rotatable bonds is 6. The van der Waals surface area contributed by atoms with E-state index in [1.165, 1.54) is 6.08 Å². The molecule has 4 N–H and O–H groups in total. The average Bonchev–Trinajstić information content (AvgIpc) is 2.37. The molecule has 7 heteroatoms. The van der Waals surface area contributed by atoms with Crippen molar-refractivity contribution >= 4 is 6.16 Å². The summed E-state index contributed by atoms with van der Waals surface area (Å²) in [6, 6.07) is 0. The highest BCUT2D eigenvalue weighted by molar-refractivity contribution is 5.56. The minimum absolute atomic E-state index is 0.0648. The molecule has 0 aromatic heterocycles. The lowest BCUT2D eigenvalue weighted by atomic mass is 10.4. The van der Waals surface area contributed by atoms with Crippen molar-refractivity contribution in [2.45, 2.75) is 20.0 Å². The fourth-order valence-corrected chi connectivity index (χ4v) is 0.392. The van der Waals surface area contributed by atoms with Crippen LogP contribution in [-0.2, 0) is 9.47 Å². The summed E-state index contributed by atoms with van der Waals surface area (Å²) >= 11 is 0. The van der Waals surface area contributed by atoms with Crippen LogP contribution >= 0.6 is 0 Å². The first-order valence-electron chi connectivity index (χ1n) is 5.44. The maximum atomic E-state index is 9.49. The third-order valence-electron chi connectivity index (χ3n) is 1.15. The molecule has 0 bridgehead atoms. The Bertz CT molecular complexity index is 167. The highest BCUT2D eigenvalue weighted by Crippen LogP contribution is 1.73. The van der Waals surface area contributed by atoms with Crippen molar-refractivity contribution in [3.05, 3.63) is 12.7 Å². The van der Waals surface area contributed by atoms with Gasteiger partial charge in [-0.25, -0.2) is 4.79 Å². The molecule has 0 heterocycles. The Kier molecular flexibility index (Phi) is 26.0. The minimum Gasteiger partial charge on any atom is -0.450 e. The number of aliphatic hydroxyl groups excluding tert-OH is 3. The molecule has 0 aliphatic rings. The Morgan fingerprint density at radius 2 is 1.72 bits per heavy atom. The summed E-state index contributed by atoms with van der Waals surface area (Å²) in [4.78, 5) is 9.49. The molecule has 0 aliphatic carbocycles. The zero-order chi connectivity index (χ0) is 14.8. The van der Waals surface area contributed by atoms with Crippen LogP contribution in [0.3, 0.4) is 0 Å². The van der Waals surface area contributed by atoms with Crippen molar-refractivity contribution in [3.8, 4) is 0 Å². The molecule has 0 amide bonds. The fraction of sp³-hybridized carbons (Fsp3) is 0.727. The summed E-state index contributed by atoms with van der Waals surface area (Å²) in [7, 11) is 0. The van der Waals surface area contributed by atoms with Crippen LogP contribution in [0.4, 0.5) is 4.79 Å². The largest absolute Gasteiger partial charge is 0.506 e. The van der Waals surface area contributed by atoms with E-state index in [4.69, 9.17) is 25.2 Å². The first kappa shape index (κ1) is 22.1. The van der Waals surface area contributed by atoms with Gasteiger partial charge in [0, 0.05) is 13.2 Å². The monoisotopic (exact) mass is 268 g/mol. The van der Waals surface area contributed by atoms with Gasteiger partial charge in [-0.1, -0.05) is 12.7 Å². The maximum absolute atomic E-state index is 9.49. The van der Waals surface area contributed by atoms with Crippen LogP contribution in [0.1, 0.15) is 13.8 Å². The van der Waals surface area contributed by atoms with E-state index in [2.05, 4.69) is 11.3 Å². The second-order valence-electron chi connectivity index (χ2n) is 2.67. The second kappa shape index (κ2) is 21.2. The third-order valence-corrected chi connectivity index (χ3v) is 1.15. The molecule has 0 saturated heterocycles. The van der Waals surface area contributed by atoms with Gasteiger partial charge in [0.1, 0.15) is 12.7 Å². The predicted octanol–water partition coefficient (Wildman–Crippen LogP) is 0.242. The number of hydrogen-bond acceptors (Lipinski definition) is 6. The molecular weight excluding hydrogens is 244 g/mol. The summed E-state index contributed by atoms with van der Waals surface area (Å²) in [5.74, 6) is 0. The molecule has 7 nitrogen and oxygen atoms in total. The molecule has 0 aromatic carbocycles. The first-order chi connectivity index (χ1) is 8.49. The van der Waals surface area contributed by atoms with E-state index >= 15 is 0 Å². The van der Waals surface area contributed by atoms with Gasteiger partial charge >= 0.3 is 6.16 Å². The lowest BCUT2D eigenvalue weighted by Gasteiger charge is -1.96. The molecule has 0 spiro atoms. The molecule has 0 fully saturated rings. The topological polar surface area (TPSA) is 116 Å². The smallest absolute Gasteiger partial charge is 0.450 e. The van der Waals surface area contributed by atoms with Crippen LogP contribution in [0.15, 0.2) is 12.7 Å². The number of carbonyl (C=O) groups is 1. The van der Waals surface area contributed by atoms with Gasteiger partial charge in [0.05, 0.1) is 13.2 Å². The van der Waals surface area contributed by atoms with Gasteiger partial charge in [0.2, 0.25) is 0 Å². The van der Waals surface area contributed by atoms with Crippen molar-refractivity contribution in [3.63, 3.8) is 0 Å². The predicted molar refractivity (Wildman–Crippen MR) is 66.5 cm³/mol. The highest BCUT2D eigenvalue weighted by atomic mass is 16.7. The van der Waals surface area contributed by atoms with Crippen molar-refractivity contribution in [1.82, 2.24) is 0 Å². The molecule has 0 saturated carbocycles. The van der Waals surface area contributed by atoms with Crippen molar-refractivity contribution in [2.24, 2.45) is 0 Å². The van der Waals surface area contributed by atoms with E-state index in [1.807, 2.05) is 13.8 Å². The van der Waals surface area contributed by atoms with Gasteiger partial charge in [-0.15, -0.1) is 0 Å². The van der Waals surface area contributed by atoms with E-state index in [-0.39, 0.29) is 19.8 Å². The van der Waals surface area contributed by atoms with Crippen LogP contribution < -0.4 is 0 Å². The van der Waals surface area contributed by atoms with Crippen LogP contribution in [0.25, 0.3) is 0 Å². The van der Waals surface area contributed by atoms with Gasteiger partial charge in [0.15, 0.2) is 0 Å². The molecule has 18 heavy (non-hydrogen) atoms. The fourth-order valence-electron chi connectivity index (χ4n) is 0.392. The van der Waals surface area contributed by atoms with Crippen LogP contribution in [0.5, 0.6) is 0 Å². The molecule has 0 atom stereocenters. The summed E-state index contributed by atoms with van der Waals surface area (Å²) in [5.41, 5.74) is 0. The van der Waals surface area contributed by atoms with E-state index in [9.17, 15) is 4.79 Å². The zero-order valence-corrected chi connectivity index (χ0v) is 10.9. The van der Waals surface area contributed by atoms with Crippen LogP contribution in [0.2, 0.25) is 0 Å². The number of aliphatic hydroxyl groups is 3. The summed E-state index contributed by atoms with van der Waals surface area (Å²) < 4.78 is 8.82. The summed E-state index contributed by atoms with van der Waals surface area (Å²) in [6.07, 6.45) is -0.849. The maximum Gasteiger partial charge on any atom is 0.506 e. The number of hydrogen-bond donors (Lipinski definition) is 4. The van der Waals surface area contributed by atoms with Gasteiger partial charge in [-0.3, -0.25) is 0 Å². The Morgan fingerprint density at radius 3 is 1.78 bits per heavy atom. The van der Waals surface area contributed by atoms with E-state index in [0.29, 0.717) is 0 Å². The molecule has 110 valence electrons. The van der Waals surface area contributed by atoms with Crippen LogP contribution in [-0.4, -0.2) is 65.7 Å². The van der Waals surface area contributed by atoms with E-state index in [0.717, 1.165) is 13.2 Å². The molecule has 0 aromatic rings. The van der Waals surface area contributed by atoms with Gasteiger partial charge in [-0.2, -0.15) is 0 Å². The lowest BCUT2D eigenvalue weighted by Crippen LogP contribution is -2.15. The SMILES string of the molecule is C=CCOC(=O)O.CCOCC.OCC(O)CO. The molecule has 0 rings (SSSR count). The Balaban J connectivity index is -0.000000190. The quantitative estimate of drug-likeness (QED) is 0.403. The van der Waals surface area contributed by atoms with Gasteiger partial charge < -0.3 is 29.9 Å². The van der Waals surface area contributed by atoms with Gasteiger partial charge in [0.25, 0.3) is 0 Å². The average molecular weight is 268 g/mol. The Hall–Kier alpha value is -1.15. The van der Waals surface area contributed by atoms with Crippen LogP contribution in [0, 0.1) is 0 Å². The highest BCUT2D eigenvalue weighted by Gasteiger charge is 1.93. The third kappa shape index (κ3) is 36.4. The number of ether oxygens (including phenoxy) is 2. The van der Waals surface area contributed by atoms with Crippen molar-refractivity contribution in [2.75, 3.05) is 33.0 Å². The number of carboxylic acid groups (broad SMARTS) is 1. The molecular formula is C11H24O7. The van der Waals surface area contributed by atoms with E-state index < -0.39 is 12.3 Å². The Labute approximate surface area is 107 Å².